The number of aromatic nitrogens is 1. The first-order chi connectivity index (χ1) is 9.13. The van der Waals surface area contributed by atoms with Crippen molar-refractivity contribution >= 4 is 22.3 Å². The molecule has 2 aromatic rings. The fourth-order valence-corrected chi connectivity index (χ4v) is 2.10. The third kappa shape index (κ3) is 2.96. The second-order valence-electron chi connectivity index (χ2n) is 5.05. The molecule has 1 unspecified atom stereocenters. The molecule has 1 heterocycles. The van der Waals surface area contributed by atoms with Crippen LogP contribution in [0.1, 0.15) is 13.8 Å². The summed E-state index contributed by atoms with van der Waals surface area (Å²) in [6, 6.07) is 8.09. The molecule has 0 saturated heterocycles. The van der Waals surface area contributed by atoms with E-state index in [4.69, 9.17) is 10.5 Å². The molecule has 1 atom stereocenters. The zero-order valence-electron chi connectivity index (χ0n) is 11.7. The van der Waals surface area contributed by atoms with Crippen LogP contribution >= 0.6 is 0 Å². The van der Waals surface area contributed by atoms with Crippen LogP contribution in [0.2, 0.25) is 0 Å². The fourth-order valence-electron chi connectivity index (χ4n) is 2.10. The first kappa shape index (κ1) is 13.6. The van der Waals surface area contributed by atoms with Crippen molar-refractivity contribution in [1.29, 1.82) is 0 Å². The Hall–Kier alpha value is -1.81. The summed E-state index contributed by atoms with van der Waals surface area (Å²) in [5.41, 5.74) is 8.55. The van der Waals surface area contributed by atoms with Crippen molar-refractivity contribution in [2.75, 3.05) is 24.8 Å². The van der Waals surface area contributed by atoms with Gasteiger partial charge in [-0.1, -0.05) is 26.0 Å². The van der Waals surface area contributed by atoms with Crippen molar-refractivity contribution in [3.8, 4) is 0 Å². The lowest BCUT2D eigenvalue weighted by atomic mass is 10.0. The van der Waals surface area contributed by atoms with Crippen LogP contribution in [-0.2, 0) is 4.74 Å². The maximum atomic E-state index is 5.96. The van der Waals surface area contributed by atoms with Gasteiger partial charge >= 0.3 is 0 Å². The summed E-state index contributed by atoms with van der Waals surface area (Å²) in [7, 11) is 1.72. The monoisotopic (exact) mass is 259 g/mol. The zero-order valence-corrected chi connectivity index (χ0v) is 11.7. The number of ether oxygens (including phenoxy) is 1. The van der Waals surface area contributed by atoms with Crippen molar-refractivity contribution in [2.24, 2.45) is 5.92 Å². The Balaban J connectivity index is 2.37. The number of hydrogen-bond donors (Lipinski definition) is 2. The minimum Gasteiger partial charge on any atom is -0.397 e. The van der Waals surface area contributed by atoms with Crippen LogP contribution in [0.4, 0.5) is 11.4 Å². The van der Waals surface area contributed by atoms with Crippen LogP contribution in [0.3, 0.4) is 0 Å². The van der Waals surface area contributed by atoms with Crippen LogP contribution in [0, 0.1) is 5.92 Å². The Morgan fingerprint density at radius 3 is 2.79 bits per heavy atom. The molecule has 4 heteroatoms. The molecule has 1 aromatic heterocycles. The van der Waals surface area contributed by atoms with Crippen LogP contribution < -0.4 is 11.1 Å². The summed E-state index contributed by atoms with van der Waals surface area (Å²) >= 11 is 0. The second kappa shape index (κ2) is 5.89. The van der Waals surface area contributed by atoms with Gasteiger partial charge in [0.1, 0.15) is 0 Å². The molecule has 0 aliphatic carbocycles. The van der Waals surface area contributed by atoms with Gasteiger partial charge in [0, 0.05) is 24.4 Å². The maximum absolute atomic E-state index is 5.96. The highest BCUT2D eigenvalue weighted by molar-refractivity contribution is 5.97. The first-order valence-electron chi connectivity index (χ1n) is 6.52. The van der Waals surface area contributed by atoms with Gasteiger partial charge in [0.05, 0.1) is 23.9 Å². The van der Waals surface area contributed by atoms with Gasteiger partial charge in [-0.2, -0.15) is 0 Å². The number of benzene rings is 1. The number of fused-ring (bicyclic) bond motifs is 1. The molecule has 2 rings (SSSR count). The van der Waals surface area contributed by atoms with E-state index in [1.165, 1.54) is 0 Å². The third-order valence-electron chi connectivity index (χ3n) is 3.29. The SMILES string of the molecule is COCC(Nc1ccnc2c(N)cccc12)C(C)C. The molecule has 0 amide bonds. The molecule has 3 N–H and O–H groups in total. The summed E-state index contributed by atoms with van der Waals surface area (Å²) in [6.45, 7) is 5.02. The Labute approximate surface area is 114 Å². The molecular formula is C15H21N3O. The second-order valence-corrected chi connectivity index (χ2v) is 5.05. The van der Waals surface area contributed by atoms with E-state index in [0.717, 1.165) is 16.6 Å². The van der Waals surface area contributed by atoms with Gasteiger partial charge in [-0.25, -0.2) is 0 Å². The number of nitrogens with two attached hydrogens (primary N) is 1. The summed E-state index contributed by atoms with van der Waals surface area (Å²) < 4.78 is 5.27. The van der Waals surface area contributed by atoms with Crippen molar-refractivity contribution in [3.05, 3.63) is 30.5 Å². The number of nitrogens with zero attached hydrogens (tertiary/aromatic N) is 1. The van der Waals surface area contributed by atoms with Gasteiger partial charge in [0.25, 0.3) is 0 Å². The predicted molar refractivity (Wildman–Crippen MR) is 80.3 cm³/mol. The molecular weight excluding hydrogens is 238 g/mol. The Bertz CT molecular complexity index is 554. The molecule has 0 fully saturated rings. The summed E-state index contributed by atoms with van der Waals surface area (Å²) in [4.78, 5) is 4.34. The van der Waals surface area contributed by atoms with E-state index in [1.807, 2.05) is 24.3 Å². The summed E-state index contributed by atoms with van der Waals surface area (Å²) in [5.74, 6) is 0.476. The van der Waals surface area contributed by atoms with E-state index in [-0.39, 0.29) is 6.04 Å². The zero-order chi connectivity index (χ0) is 13.8. The highest BCUT2D eigenvalue weighted by Gasteiger charge is 2.14. The van der Waals surface area contributed by atoms with Gasteiger partial charge in [0.2, 0.25) is 0 Å². The van der Waals surface area contributed by atoms with Crippen LogP contribution in [0.15, 0.2) is 30.5 Å². The van der Waals surface area contributed by atoms with E-state index in [0.29, 0.717) is 18.2 Å². The summed E-state index contributed by atoms with van der Waals surface area (Å²) in [5, 5.41) is 4.57. The number of nitrogens with one attached hydrogen (secondary N) is 1. The first-order valence-corrected chi connectivity index (χ1v) is 6.52. The summed E-state index contributed by atoms with van der Waals surface area (Å²) in [6.07, 6.45) is 1.78. The average molecular weight is 259 g/mol. The van der Waals surface area contributed by atoms with E-state index in [2.05, 4.69) is 24.1 Å². The molecule has 19 heavy (non-hydrogen) atoms. The van der Waals surface area contributed by atoms with E-state index in [9.17, 15) is 0 Å². The average Bonchev–Trinajstić information content (AvgIpc) is 2.39. The van der Waals surface area contributed by atoms with E-state index >= 15 is 0 Å². The Morgan fingerprint density at radius 2 is 2.11 bits per heavy atom. The van der Waals surface area contributed by atoms with Gasteiger partial charge in [-0.3, -0.25) is 4.98 Å². The Morgan fingerprint density at radius 1 is 1.32 bits per heavy atom. The highest BCUT2D eigenvalue weighted by Crippen LogP contribution is 2.26. The minimum atomic E-state index is 0.261. The Kier molecular flexibility index (Phi) is 4.22. The van der Waals surface area contributed by atoms with Crippen LogP contribution in [0.25, 0.3) is 10.9 Å². The smallest absolute Gasteiger partial charge is 0.0951 e. The number of methoxy groups -OCH3 is 1. The normalized spacial score (nSPS) is 12.8. The molecule has 1 aromatic carbocycles. The highest BCUT2D eigenvalue weighted by atomic mass is 16.5. The lowest BCUT2D eigenvalue weighted by Gasteiger charge is -2.23. The van der Waals surface area contributed by atoms with Crippen molar-refractivity contribution in [2.45, 2.75) is 19.9 Å². The predicted octanol–water partition coefficient (Wildman–Crippen LogP) is 2.90. The number of anilines is 2. The van der Waals surface area contributed by atoms with Gasteiger partial charge in [0.15, 0.2) is 0 Å². The lowest BCUT2D eigenvalue weighted by molar-refractivity contribution is 0.171. The lowest BCUT2D eigenvalue weighted by Crippen LogP contribution is -2.30. The maximum Gasteiger partial charge on any atom is 0.0951 e. The molecule has 0 radical (unpaired) electrons. The van der Waals surface area contributed by atoms with Crippen molar-refractivity contribution < 1.29 is 4.74 Å². The minimum absolute atomic E-state index is 0.261. The molecule has 0 aliphatic rings. The number of pyridine rings is 1. The van der Waals surface area contributed by atoms with E-state index in [1.54, 1.807) is 13.3 Å². The van der Waals surface area contributed by atoms with Gasteiger partial charge in [-0.05, 0) is 18.1 Å². The molecule has 102 valence electrons. The quantitative estimate of drug-likeness (QED) is 0.811. The molecule has 4 nitrogen and oxygen atoms in total. The van der Waals surface area contributed by atoms with Gasteiger partial charge < -0.3 is 15.8 Å². The van der Waals surface area contributed by atoms with Gasteiger partial charge in [-0.15, -0.1) is 0 Å². The number of hydrogen-bond acceptors (Lipinski definition) is 4. The van der Waals surface area contributed by atoms with Crippen molar-refractivity contribution in [1.82, 2.24) is 4.98 Å². The third-order valence-corrected chi connectivity index (χ3v) is 3.29. The number of para-hydroxylation sites is 1. The number of rotatable bonds is 5. The fraction of sp³-hybridized carbons (Fsp3) is 0.400. The molecule has 0 bridgehead atoms. The molecule has 0 spiro atoms. The molecule has 0 aliphatic heterocycles. The molecule has 0 saturated carbocycles. The largest absolute Gasteiger partial charge is 0.397 e. The van der Waals surface area contributed by atoms with Crippen molar-refractivity contribution in [3.63, 3.8) is 0 Å². The number of nitrogen functional groups attached to an aromatic ring is 1. The topological polar surface area (TPSA) is 60.2 Å². The standard InChI is InChI=1S/C15H21N3O/c1-10(2)14(9-19-3)18-13-7-8-17-15-11(13)5-4-6-12(15)16/h4-8,10,14H,9,16H2,1-3H3,(H,17,18). The van der Waals surface area contributed by atoms with E-state index < -0.39 is 0 Å². The van der Waals surface area contributed by atoms with Crippen LogP contribution in [-0.4, -0.2) is 24.7 Å². The van der Waals surface area contributed by atoms with Crippen LogP contribution in [0.5, 0.6) is 0 Å².